The fourth-order valence-electron chi connectivity index (χ4n) is 1.11. The number of allylic oxidation sites excluding steroid dienone is 1. The normalized spacial score (nSPS) is 14.2. The number of hydrogen-bond donors (Lipinski definition) is 2. The van der Waals surface area contributed by atoms with Crippen molar-refractivity contribution in [3.63, 3.8) is 0 Å². The molecular weight excluding hydrogens is 164 g/mol. The molecule has 0 bridgehead atoms. The van der Waals surface area contributed by atoms with Gasteiger partial charge in [0, 0.05) is 6.04 Å². The predicted molar refractivity (Wildman–Crippen MR) is 54.8 cm³/mol. The van der Waals surface area contributed by atoms with Gasteiger partial charge in [-0.25, -0.2) is 0 Å². The van der Waals surface area contributed by atoms with Crippen molar-refractivity contribution in [3.05, 3.63) is 37.5 Å². The van der Waals surface area contributed by atoms with Gasteiger partial charge in [-0.1, -0.05) is 24.3 Å². The molecule has 0 saturated carbocycles. The number of hydrogen-bond acceptors (Lipinski definition) is 2. The Bertz CT molecular complexity index is 233. The predicted octanol–water partition coefficient (Wildman–Crippen LogP) is 0.734. The van der Waals surface area contributed by atoms with Crippen molar-refractivity contribution < 1.29 is 4.79 Å². The second kappa shape index (κ2) is 5.32. The number of amides is 1. The van der Waals surface area contributed by atoms with Crippen molar-refractivity contribution in [3.8, 4) is 0 Å². The highest BCUT2D eigenvalue weighted by atomic mass is 16.1. The molecule has 0 radical (unpaired) electrons. The molecule has 0 aromatic rings. The van der Waals surface area contributed by atoms with Gasteiger partial charge in [0.15, 0.2) is 0 Å². The molecule has 2 atom stereocenters. The van der Waals surface area contributed by atoms with Gasteiger partial charge in [-0.2, -0.15) is 0 Å². The van der Waals surface area contributed by atoms with Crippen molar-refractivity contribution >= 4 is 5.91 Å². The third-order valence-corrected chi connectivity index (χ3v) is 1.81. The van der Waals surface area contributed by atoms with E-state index in [1.165, 1.54) is 6.08 Å². The summed E-state index contributed by atoms with van der Waals surface area (Å²) in [7, 11) is 0. The van der Waals surface area contributed by atoms with E-state index in [2.05, 4.69) is 19.7 Å². The Morgan fingerprint density at radius 3 is 2.31 bits per heavy atom. The summed E-state index contributed by atoms with van der Waals surface area (Å²) < 4.78 is 0. The summed E-state index contributed by atoms with van der Waals surface area (Å²) >= 11 is 0. The van der Waals surface area contributed by atoms with Crippen LogP contribution in [0.15, 0.2) is 37.5 Å². The van der Waals surface area contributed by atoms with Gasteiger partial charge in [-0.05, 0) is 6.42 Å². The van der Waals surface area contributed by atoms with E-state index in [1.54, 1.807) is 6.08 Å². The van der Waals surface area contributed by atoms with Crippen LogP contribution in [0, 0.1) is 5.92 Å². The lowest BCUT2D eigenvalue weighted by molar-refractivity contribution is -0.120. The minimum atomic E-state index is -0.546. The lowest BCUT2D eigenvalue weighted by Crippen LogP contribution is -2.38. The molecule has 3 heteroatoms. The molecule has 0 rings (SSSR count). The third-order valence-electron chi connectivity index (χ3n) is 1.81. The first-order chi connectivity index (χ1) is 6.04. The van der Waals surface area contributed by atoms with Crippen LogP contribution in [0.5, 0.6) is 0 Å². The van der Waals surface area contributed by atoms with Crippen LogP contribution in [0.3, 0.4) is 0 Å². The summed E-state index contributed by atoms with van der Waals surface area (Å²) in [5.74, 6) is -1.02. The lowest BCUT2D eigenvalue weighted by atomic mass is 9.90. The molecule has 13 heavy (non-hydrogen) atoms. The molecule has 72 valence electrons. The van der Waals surface area contributed by atoms with Gasteiger partial charge >= 0.3 is 0 Å². The minimum Gasteiger partial charge on any atom is -0.369 e. The summed E-state index contributed by atoms with van der Waals surface area (Å²) in [6, 6.07) is -0.468. The molecule has 0 saturated heterocycles. The van der Waals surface area contributed by atoms with E-state index in [0.29, 0.717) is 12.0 Å². The first kappa shape index (κ1) is 11.6. The van der Waals surface area contributed by atoms with Crippen LogP contribution in [0.4, 0.5) is 0 Å². The van der Waals surface area contributed by atoms with Gasteiger partial charge in [-0.15, -0.1) is 13.2 Å². The van der Waals surface area contributed by atoms with Gasteiger partial charge in [0.25, 0.3) is 0 Å². The highest BCUT2D eigenvalue weighted by molar-refractivity contribution is 5.80. The van der Waals surface area contributed by atoms with Crippen LogP contribution in [-0.2, 0) is 4.79 Å². The summed E-state index contributed by atoms with van der Waals surface area (Å²) in [4.78, 5) is 11.0. The molecule has 0 aliphatic heterocycles. The number of carbonyl (C=O) groups is 1. The van der Waals surface area contributed by atoms with Crippen molar-refractivity contribution in [1.82, 2.24) is 0 Å². The van der Waals surface area contributed by atoms with Gasteiger partial charge in [0.1, 0.15) is 0 Å². The maximum atomic E-state index is 11.0. The zero-order chi connectivity index (χ0) is 10.4. The van der Waals surface area contributed by atoms with Crippen molar-refractivity contribution in [2.45, 2.75) is 12.5 Å². The second-order valence-corrected chi connectivity index (χ2v) is 2.84. The summed E-state index contributed by atoms with van der Waals surface area (Å²) in [6.07, 6.45) is 3.69. The van der Waals surface area contributed by atoms with Crippen LogP contribution < -0.4 is 11.5 Å². The van der Waals surface area contributed by atoms with Gasteiger partial charge in [-0.3, -0.25) is 4.79 Å². The molecule has 0 fully saturated rings. The minimum absolute atomic E-state index is 0.468. The molecule has 0 aromatic heterocycles. The monoisotopic (exact) mass is 180 g/mol. The highest BCUT2D eigenvalue weighted by Gasteiger charge is 2.23. The van der Waals surface area contributed by atoms with Crippen LogP contribution in [-0.4, -0.2) is 11.9 Å². The first-order valence-electron chi connectivity index (χ1n) is 4.00. The fraction of sp³-hybridized carbons (Fsp3) is 0.300. The zero-order valence-corrected chi connectivity index (χ0v) is 7.70. The summed E-state index contributed by atoms with van der Waals surface area (Å²) in [5.41, 5.74) is 11.5. The highest BCUT2D eigenvalue weighted by Crippen LogP contribution is 2.16. The molecule has 0 aliphatic rings. The molecule has 0 heterocycles. The lowest BCUT2D eigenvalue weighted by Gasteiger charge is -2.19. The first-order valence-corrected chi connectivity index (χ1v) is 4.00. The maximum absolute atomic E-state index is 11.0. The second-order valence-electron chi connectivity index (χ2n) is 2.84. The Morgan fingerprint density at radius 2 is 2.00 bits per heavy atom. The Balaban J connectivity index is 4.59. The smallest absolute Gasteiger partial charge is 0.226 e. The number of carbonyl (C=O) groups excluding carboxylic acids is 1. The Morgan fingerprint density at radius 1 is 1.46 bits per heavy atom. The van der Waals surface area contributed by atoms with E-state index in [9.17, 15) is 4.79 Å². The number of primary amides is 1. The quantitative estimate of drug-likeness (QED) is 0.592. The van der Waals surface area contributed by atoms with Crippen LogP contribution in [0.2, 0.25) is 0 Å². The molecule has 0 aliphatic carbocycles. The van der Waals surface area contributed by atoms with Crippen molar-refractivity contribution in [1.29, 1.82) is 0 Å². The number of rotatable bonds is 6. The molecular formula is C10H16N2O. The summed E-state index contributed by atoms with van der Waals surface area (Å²) in [5, 5.41) is 0. The standard InChI is InChI=1S/C10H16N2O/c1-4-6-7(3)9(10(12)13)8(11)5-2/h4-5,8-9H,1-3,6,11H2,(H2,12,13). The Labute approximate surface area is 78.8 Å². The zero-order valence-electron chi connectivity index (χ0n) is 7.70. The van der Waals surface area contributed by atoms with E-state index in [-0.39, 0.29) is 0 Å². The molecule has 0 aromatic carbocycles. The maximum Gasteiger partial charge on any atom is 0.226 e. The third kappa shape index (κ3) is 3.25. The Hall–Kier alpha value is -1.35. The van der Waals surface area contributed by atoms with Crippen LogP contribution >= 0.6 is 0 Å². The average Bonchev–Trinajstić information content (AvgIpc) is 2.04. The summed E-state index contributed by atoms with van der Waals surface area (Å²) in [6.45, 7) is 10.8. The van der Waals surface area contributed by atoms with Gasteiger partial charge < -0.3 is 11.5 Å². The molecule has 1 amide bonds. The van der Waals surface area contributed by atoms with E-state index in [0.717, 1.165) is 0 Å². The SMILES string of the molecule is C=CCC(=C)C(C(N)=O)C(N)C=C. The van der Waals surface area contributed by atoms with E-state index in [4.69, 9.17) is 11.5 Å². The molecule has 0 spiro atoms. The van der Waals surface area contributed by atoms with E-state index >= 15 is 0 Å². The average molecular weight is 180 g/mol. The van der Waals surface area contributed by atoms with Crippen LogP contribution in [0.25, 0.3) is 0 Å². The fourth-order valence-corrected chi connectivity index (χ4v) is 1.11. The van der Waals surface area contributed by atoms with Gasteiger partial charge in [0.2, 0.25) is 5.91 Å². The largest absolute Gasteiger partial charge is 0.369 e. The van der Waals surface area contributed by atoms with Crippen molar-refractivity contribution in [2.24, 2.45) is 17.4 Å². The Kier molecular flexibility index (Phi) is 4.77. The number of nitrogens with two attached hydrogens (primary N) is 2. The topological polar surface area (TPSA) is 69.1 Å². The molecule has 2 unspecified atom stereocenters. The van der Waals surface area contributed by atoms with E-state index in [1.807, 2.05) is 0 Å². The van der Waals surface area contributed by atoms with E-state index < -0.39 is 17.9 Å². The molecule has 4 N–H and O–H groups in total. The van der Waals surface area contributed by atoms with Crippen LogP contribution in [0.1, 0.15) is 6.42 Å². The van der Waals surface area contributed by atoms with Crippen molar-refractivity contribution in [2.75, 3.05) is 0 Å². The van der Waals surface area contributed by atoms with Gasteiger partial charge in [0.05, 0.1) is 5.92 Å². The molecule has 3 nitrogen and oxygen atoms in total.